The van der Waals surface area contributed by atoms with E-state index in [1.54, 1.807) is 80.3 Å². The average molecular weight is 1890 g/mol. The molecule has 19 heterocycles. The Bertz CT molecular complexity index is 5350. The summed E-state index contributed by atoms with van der Waals surface area (Å²) in [5.41, 5.74) is 5.38. The van der Waals surface area contributed by atoms with Crippen molar-refractivity contribution in [3.05, 3.63) is 247 Å². The summed E-state index contributed by atoms with van der Waals surface area (Å²) in [6.07, 6.45) is 32.5. The van der Waals surface area contributed by atoms with Crippen LogP contribution in [0.15, 0.2) is 202 Å². The number of ether oxygens (including phenoxy) is 4. The molecule has 12 aromatic rings. The maximum absolute atomic E-state index is 14.6. The molecule has 12 atom stereocenters. The van der Waals surface area contributed by atoms with Gasteiger partial charge in [0.1, 0.15) is 41.5 Å². The molecule has 8 bridgehead atoms. The van der Waals surface area contributed by atoms with Crippen molar-refractivity contribution in [3.8, 4) is 52.2 Å². The largest absolute Gasteiger partial charge is 0.472 e. The van der Waals surface area contributed by atoms with Crippen LogP contribution in [0.1, 0.15) is 136 Å². The number of benzene rings is 1. The summed E-state index contributed by atoms with van der Waals surface area (Å²) in [7, 11) is 0. The van der Waals surface area contributed by atoms with Crippen LogP contribution in [0.4, 0.5) is 4.39 Å². The van der Waals surface area contributed by atoms with Crippen LogP contribution in [0, 0.1) is 50.3 Å². The number of hydrogen-bond acceptors (Lipinski definition) is 23. The Morgan fingerprint density at radius 2 is 0.777 bits per heavy atom. The van der Waals surface area contributed by atoms with E-state index in [0.717, 1.165) is 136 Å². The number of para-hydroxylation sites is 1. The number of piperidine rings is 8. The molecule has 12 unspecified atom stereocenters. The quantitative estimate of drug-likeness (QED) is 0.0867. The fraction of sp³-hybridized carbons (Fsp3) is 0.360. The molecule has 4 saturated carbocycles. The van der Waals surface area contributed by atoms with Gasteiger partial charge in [0.05, 0.1) is 78.0 Å². The number of pyridine rings is 7. The molecule has 11 aromatic heterocycles. The fourth-order valence-corrected chi connectivity index (χ4v) is 18.8. The summed E-state index contributed by atoms with van der Waals surface area (Å²) in [6.45, 7) is 8.54. The lowest BCUT2D eigenvalue weighted by Gasteiger charge is -2.49. The maximum atomic E-state index is 14.6. The van der Waals surface area contributed by atoms with E-state index >= 15 is 0 Å². The Hall–Kier alpha value is -11.3. The first-order valence-corrected chi connectivity index (χ1v) is 43.5. The summed E-state index contributed by atoms with van der Waals surface area (Å²) in [5, 5.41) is 24.7. The molecule has 12 fully saturated rings. The van der Waals surface area contributed by atoms with Crippen LogP contribution in [0.3, 0.4) is 0 Å². The minimum Gasteiger partial charge on any atom is -0.472 e. The molecular weight excluding hydrogens is 1810 g/mol. The Kier molecular flexibility index (Phi) is 24.8. The van der Waals surface area contributed by atoms with Gasteiger partial charge in [-0.15, -0.1) is 14.4 Å². The van der Waals surface area contributed by atoms with Crippen molar-refractivity contribution in [2.24, 2.45) is 23.7 Å². The molecule has 4 aliphatic carbocycles. The van der Waals surface area contributed by atoms with Gasteiger partial charge in [-0.05, 0) is 264 Å². The van der Waals surface area contributed by atoms with E-state index in [4.69, 9.17) is 18.9 Å². The third kappa shape index (κ3) is 18.5. The number of nitrogens with zero attached hydrogens (tertiary/aromatic N) is 22. The molecule has 620 valence electrons. The first kappa shape index (κ1) is 82.0. The highest BCUT2D eigenvalue weighted by molar-refractivity contribution is 9.11. The van der Waals surface area contributed by atoms with Gasteiger partial charge in [0.25, 0.3) is 23.6 Å². The van der Waals surface area contributed by atoms with Gasteiger partial charge in [-0.3, -0.25) is 19.2 Å². The first-order chi connectivity index (χ1) is 58.8. The van der Waals surface area contributed by atoms with Crippen LogP contribution in [-0.4, -0.2) is 208 Å². The zero-order valence-corrected chi connectivity index (χ0v) is 72.4. The number of hydrogen-bond donors (Lipinski definition) is 0. The first-order valence-electron chi connectivity index (χ1n) is 40.3. The Balaban J connectivity index is 0.000000115. The second-order valence-electron chi connectivity index (χ2n) is 31.4. The normalized spacial score (nSPS) is 22.7. The van der Waals surface area contributed by atoms with Crippen molar-refractivity contribution >= 4 is 87.3 Å². The van der Waals surface area contributed by atoms with Crippen LogP contribution in [0.25, 0.3) is 28.7 Å². The van der Waals surface area contributed by atoms with E-state index in [0.29, 0.717) is 93.6 Å². The molecule has 0 radical (unpaired) electrons. The van der Waals surface area contributed by atoms with Crippen LogP contribution < -0.4 is 18.9 Å². The maximum Gasteiger partial charge on any atom is 0.275 e. The van der Waals surface area contributed by atoms with Gasteiger partial charge in [-0.25, -0.2) is 49.2 Å². The summed E-state index contributed by atoms with van der Waals surface area (Å²) in [6, 6.07) is 30.4. The Morgan fingerprint density at radius 1 is 0.380 bits per heavy atom. The highest BCUT2D eigenvalue weighted by atomic mass is 79.9. The second-order valence-corrected chi connectivity index (χ2v) is 35.1. The molecule has 35 heteroatoms. The van der Waals surface area contributed by atoms with Crippen molar-refractivity contribution < 1.29 is 42.5 Å². The van der Waals surface area contributed by atoms with E-state index in [-0.39, 0.29) is 83.5 Å². The number of fused-ring (bicyclic) bond motifs is 12. The molecule has 8 saturated heterocycles. The topological polar surface area (TPSA) is 326 Å². The predicted octanol–water partition coefficient (Wildman–Crippen LogP) is 14.1. The third-order valence-corrected chi connectivity index (χ3v) is 25.3. The predicted molar refractivity (Wildman–Crippen MR) is 453 cm³/mol. The Labute approximate surface area is 729 Å². The molecular formula is C86H83Br4FN22O8. The fourth-order valence-electron chi connectivity index (χ4n) is 17.9. The molecule has 0 N–H and O–H groups in total. The van der Waals surface area contributed by atoms with Gasteiger partial charge < -0.3 is 38.5 Å². The minimum atomic E-state index is -0.536. The lowest BCUT2D eigenvalue weighted by atomic mass is 9.77. The van der Waals surface area contributed by atoms with E-state index in [1.807, 2.05) is 119 Å². The van der Waals surface area contributed by atoms with Gasteiger partial charge in [-0.2, -0.15) is 30.6 Å². The Morgan fingerprint density at radius 3 is 1.21 bits per heavy atom. The SMILES string of the molecule is Cc1ccc(-n2nccn2)c(C(=O)N2CC3CCC2C(Oc2ccc(Br)cn2)C3)n1.Cc1ccc(C(=O)N2CC3CCC2C(Oc2ccc(Br)cn2)C3)c(-c2ncccn2)n1.Cc1cnc(-n2nccn2)c(C(=O)N2CC3CCC2C(Oc2ccc(Br)cn2)C3)c1.O=C(c1cccc(F)c1-n1nccn1)N1CC2CCC1C(Oc1ccc(Br)cn1)C2. The van der Waals surface area contributed by atoms with E-state index in [2.05, 4.69) is 139 Å². The van der Waals surface area contributed by atoms with Gasteiger partial charge in [-0.1, -0.05) is 6.07 Å². The molecule has 1 aromatic carbocycles. The summed E-state index contributed by atoms with van der Waals surface area (Å²) in [4.78, 5) is 106. The molecule has 121 heavy (non-hydrogen) atoms. The molecule has 30 nitrogen and oxygen atoms in total. The molecule has 8 aliphatic heterocycles. The van der Waals surface area contributed by atoms with Crippen LogP contribution in [-0.2, 0) is 0 Å². The number of amides is 4. The van der Waals surface area contributed by atoms with Gasteiger partial charge >= 0.3 is 0 Å². The van der Waals surface area contributed by atoms with E-state index in [1.165, 1.54) is 34.1 Å². The zero-order valence-electron chi connectivity index (χ0n) is 66.1. The summed E-state index contributed by atoms with van der Waals surface area (Å²) < 4.78 is 43.0. The van der Waals surface area contributed by atoms with Gasteiger partial charge in [0.15, 0.2) is 23.2 Å². The van der Waals surface area contributed by atoms with Crippen molar-refractivity contribution in [2.75, 3.05) is 26.2 Å². The number of carbonyl (C=O) groups excluding carboxylic acids is 4. The number of carbonyl (C=O) groups is 4. The second kappa shape index (κ2) is 36.6. The van der Waals surface area contributed by atoms with Crippen LogP contribution in [0.5, 0.6) is 23.5 Å². The van der Waals surface area contributed by atoms with Crippen LogP contribution >= 0.6 is 63.7 Å². The van der Waals surface area contributed by atoms with Crippen molar-refractivity contribution in [2.45, 2.75) is 146 Å². The highest BCUT2D eigenvalue weighted by Gasteiger charge is 2.50. The molecule has 4 amide bonds. The number of aryl methyl sites for hydroxylation is 3. The standard InChI is InChI=1S/C23H22BrN5O2.C21H19BrFN5O2.2C21H21BrN6O2/c1-14-3-6-17(21(28-14)22-25-9-2-10-26-22)23(30)29-13-15-4-7-18(29)19(11-15)31-20-8-5-16(24)12-27-20;22-14-5-7-19(24-11-14)30-18-10-13-4-6-17(18)27(12-13)21(29)15-2-1-3-16(23)20(15)28-25-8-9-26-28;1-13-2-5-17(28-24-8-9-25-28)20(26-13)21(29)27-12-14-3-6-16(27)18(10-14)30-19-7-4-15(22)11-23-19;1-13-8-16(20(24-10-13)28-25-6-7-26-28)21(29)27-12-14-2-4-17(27)18(9-14)30-19-5-3-15(22)11-23-19/h2-3,5-6,8-10,12,15,18-19H,4,7,11,13H2,1H3;1-3,5,7-9,11,13,17-18H,4,6,10,12H2;2,4-5,7-9,11,14,16,18H,3,6,10,12H2,1H3;3,5-8,10-11,14,17-18H,2,4,9,12H2,1H3. The van der Waals surface area contributed by atoms with E-state index < -0.39 is 5.82 Å². The van der Waals surface area contributed by atoms with Crippen molar-refractivity contribution in [1.29, 1.82) is 0 Å². The number of aromatic nitrogens is 18. The monoisotopic (exact) mass is 1890 g/mol. The van der Waals surface area contributed by atoms with Crippen molar-refractivity contribution in [1.82, 2.24) is 109 Å². The minimum absolute atomic E-state index is 0.00584. The number of halogens is 5. The lowest BCUT2D eigenvalue weighted by Crippen LogP contribution is -2.59. The van der Waals surface area contributed by atoms with Gasteiger partial charge in [0, 0.05) is 123 Å². The van der Waals surface area contributed by atoms with Gasteiger partial charge in [0.2, 0.25) is 23.5 Å². The van der Waals surface area contributed by atoms with E-state index in [9.17, 15) is 23.6 Å². The lowest BCUT2D eigenvalue weighted by molar-refractivity contribution is -0.0316. The molecule has 24 rings (SSSR count). The number of rotatable bonds is 16. The molecule has 0 spiro atoms. The summed E-state index contributed by atoms with van der Waals surface area (Å²) >= 11 is 13.6. The zero-order chi connectivity index (χ0) is 83.4. The molecule has 12 aliphatic rings. The third-order valence-electron chi connectivity index (χ3n) is 23.4. The average Bonchev–Trinajstić information content (AvgIpc) is 0.838. The summed E-state index contributed by atoms with van der Waals surface area (Å²) in [5.74, 6) is 3.85. The highest BCUT2D eigenvalue weighted by Crippen LogP contribution is 2.44. The van der Waals surface area contributed by atoms with Crippen LogP contribution in [0.2, 0.25) is 0 Å². The van der Waals surface area contributed by atoms with Crippen molar-refractivity contribution in [3.63, 3.8) is 0 Å². The smallest absolute Gasteiger partial charge is 0.275 e.